The van der Waals surface area contributed by atoms with Crippen molar-refractivity contribution >= 4 is 40.8 Å². The molecule has 5 rings (SSSR count). The summed E-state index contributed by atoms with van der Waals surface area (Å²) in [5.74, 6) is -0.983. The summed E-state index contributed by atoms with van der Waals surface area (Å²) >= 11 is 0. The Morgan fingerprint density at radius 3 is 1.95 bits per heavy atom. The average Bonchev–Trinajstić information content (AvgIpc) is 2.93. The monoisotopic (exact) mass is 594 g/mol. The standard InChI is InChI=1S/C26H34N12O5/c27-13-6-14(28)10-36(9-13)25-33-24(34-26(35-25)37-11-15(29)7-16(30)12-37)32-19-5-4-17(8-21(19)39)31-23(41)18-2-1-3-20(22(18)40)38(42)43/h1-5,8,13-16,39-40H,6-7,9-12,27-30H2,(H,31,41)(H,32,33,34,35)/t13-,14+,15-,16+. The first kappa shape index (κ1) is 29.6. The first-order valence-corrected chi connectivity index (χ1v) is 13.6. The summed E-state index contributed by atoms with van der Waals surface area (Å²) in [6.07, 6.45) is 1.35. The molecule has 3 aromatic rings. The number of aromatic hydroxyl groups is 2. The van der Waals surface area contributed by atoms with Gasteiger partial charge in [-0.1, -0.05) is 6.07 Å². The summed E-state index contributed by atoms with van der Waals surface area (Å²) in [5, 5.41) is 37.5. The lowest BCUT2D eigenvalue weighted by Crippen LogP contribution is -2.54. The van der Waals surface area contributed by atoms with Crippen molar-refractivity contribution in [1.82, 2.24) is 15.0 Å². The van der Waals surface area contributed by atoms with E-state index >= 15 is 0 Å². The van der Waals surface area contributed by atoms with Gasteiger partial charge in [0.15, 0.2) is 0 Å². The van der Waals surface area contributed by atoms with E-state index in [9.17, 15) is 25.1 Å². The van der Waals surface area contributed by atoms with Gasteiger partial charge in [-0.25, -0.2) is 0 Å². The molecular weight excluding hydrogens is 560 g/mol. The van der Waals surface area contributed by atoms with Crippen LogP contribution in [-0.4, -0.2) is 86.3 Å². The molecule has 0 radical (unpaired) electrons. The number of nitrogens with two attached hydrogens (primary N) is 4. The average molecular weight is 595 g/mol. The summed E-state index contributed by atoms with van der Waals surface area (Å²) < 4.78 is 0. The van der Waals surface area contributed by atoms with Crippen molar-refractivity contribution in [2.45, 2.75) is 37.0 Å². The normalized spacial score (nSPS) is 22.2. The van der Waals surface area contributed by atoms with Crippen LogP contribution < -0.4 is 43.4 Å². The number of carbonyl (C=O) groups is 1. The van der Waals surface area contributed by atoms with E-state index < -0.39 is 22.3 Å². The summed E-state index contributed by atoms with van der Waals surface area (Å²) in [6, 6.07) is 7.21. The minimum Gasteiger partial charge on any atom is -0.506 e. The van der Waals surface area contributed by atoms with E-state index in [1.807, 2.05) is 9.80 Å². The molecular formula is C26H34N12O5. The molecule has 2 saturated heterocycles. The smallest absolute Gasteiger partial charge is 0.311 e. The number of para-hydroxylation sites is 1. The summed E-state index contributed by atoms with van der Waals surface area (Å²) in [4.78, 5) is 40.6. The fourth-order valence-corrected chi connectivity index (χ4v) is 5.27. The fraction of sp³-hybridized carbons (Fsp3) is 0.385. The number of aromatic nitrogens is 3. The molecule has 4 atom stereocenters. The molecule has 1 aromatic heterocycles. The van der Waals surface area contributed by atoms with Gasteiger partial charge >= 0.3 is 5.69 Å². The number of nitro groups is 1. The predicted molar refractivity (Wildman–Crippen MR) is 159 cm³/mol. The van der Waals surface area contributed by atoms with Crippen molar-refractivity contribution in [1.29, 1.82) is 0 Å². The second-order valence-corrected chi connectivity index (χ2v) is 10.8. The van der Waals surface area contributed by atoms with Gasteiger partial charge in [-0.2, -0.15) is 15.0 Å². The zero-order chi connectivity index (χ0) is 30.8. The zero-order valence-corrected chi connectivity index (χ0v) is 23.1. The zero-order valence-electron chi connectivity index (χ0n) is 23.1. The Balaban J connectivity index is 1.40. The number of nitro benzene ring substituents is 1. The van der Waals surface area contributed by atoms with Crippen LogP contribution in [0.4, 0.5) is 34.9 Å². The maximum Gasteiger partial charge on any atom is 0.311 e. The second-order valence-electron chi connectivity index (χ2n) is 10.8. The molecule has 2 aromatic carbocycles. The number of hydrogen-bond donors (Lipinski definition) is 8. The Morgan fingerprint density at radius 1 is 0.884 bits per heavy atom. The molecule has 0 spiro atoms. The fourth-order valence-electron chi connectivity index (χ4n) is 5.27. The van der Waals surface area contributed by atoms with Crippen molar-refractivity contribution in [3.05, 3.63) is 52.1 Å². The highest BCUT2D eigenvalue weighted by molar-refractivity contribution is 6.07. The van der Waals surface area contributed by atoms with Crippen LogP contribution in [0.15, 0.2) is 36.4 Å². The SMILES string of the molecule is N[C@@H]1C[C@H](N)CN(c2nc(Nc3ccc(NC(=O)c4cccc([N+](=O)[O-])c4O)cc3O)nc(N3C[C@H](N)C[C@H](N)C3)n2)C1. The number of phenolic OH excluding ortho intramolecular Hbond substituents is 2. The van der Waals surface area contributed by atoms with Crippen molar-refractivity contribution in [2.75, 3.05) is 46.6 Å². The minimum absolute atomic E-state index is 0.133. The predicted octanol–water partition coefficient (Wildman–Crippen LogP) is -0.0837. The topological polar surface area (TPSA) is 274 Å². The molecule has 1 amide bonds. The van der Waals surface area contributed by atoms with Crippen molar-refractivity contribution in [3.63, 3.8) is 0 Å². The summed E-state index contributed by atoms with van der Waals surface area (Å²) in [5.41, 5.74) is 24.3. The van der Waals surface area contributed by atoms with Crippen LogP contribution in [0.5, 0.6) is 11.5 Å². The maximum atomic E-state index is 12.7. The Labute approximate surface area is 246 Å². The van der Waals surface area contributed by atoms with Crippen molar-refractivity contribution in [2.24, 2.45) is 22.9 Å². The van der Waals surface area contributed by atoms with Gasteiger partial charge in [-0.05, 0) is 31.0 Å². The number of carbonyl (C=O) groups excluding carboxylic acids is 1. The van der Waals surface area contributed by atoms with Gasteiger partial charge in [0.1, 0.15) is 5.75 Å². The Bertz CT molecular complexity index is 1460. The van der Waals surface area contributed by atoms with Gasteiger partial charge in [-0.15, -0.1) is 0 Å². The van der Waals surface area contributed by atoms with E-state index in [1.165, 1.54) is 30.3 Å². The van der Waals surface area contributed by atoms with Crippen LogP contribution in [0.3, 0.4) is 0 Å². The molecule has 17 nitrogen and oxygen atoms in total. The van der Waals surface area contributed by atoms with Crippen LogP contribution in [0, 0.1) is 10.1 Å². The number of piperidine rings is 2. The van der Waals surface area contributed by atoms with Gasteiger partial charge < -0.3 is 53.6 Å². The lowest BCUT2D eigenvalue weighted by atomic mass is 10.0. The molecule has 43 heavy (non-hydrogen) atoms. The van der Waals surface area contributed by atoms with Gasteiger partial charge in [0.25, 0.3) is 5.91 Å². The molecule has 2 aliphatic rings. The minimum atomic E-state index is -0.802. The van der Waals surface area contributed by atoms with E-state index in [0.29, 0.717) is 50.9 Å². The lowest BCUT2D eigenvalue weighted by Gasteiger charge is -2.37. The number of hydrogen-bond acceptors (Lipinski definition) is 15. The van der Waals surface area contributed by atoms with E-state index in [4.69, 9.17) is 22.9 Å². The lowest BCUT2D eigenvalue weighted by molar-refractivity contribution is -0.385. The number of nitrogens with zero attached hydrogens (tertiary/aromatic N) is 6. The summed E-state index contributed by atoms with van der Waals surface area (Å²) in [6.45, 7) is 1.98. The van der Waals surface area contributed by atoms with E-state index in [1.54, 1.807) is 0 Å². The first-order valence-electron chi connectivity index (χ1n) is 13.6. The van der Waals surface area contributed by atoms with Crippen LogP contribution in [0.2, 0.25) is 0 Å². The van der Waals surface area contributed by atoms with Crippen LogP contribution in [0.1, 0.15) is 23.2 Å². The number of benzene rings is 2. The highest BCUT2D eigenvalue weighted by Crippen LogP contribution is 2.33. The molecule has 12 N–H and O–H groups in total. The molecule has 3 heterocycles. The summed E-state index contributed by atoms with van der Waals surface area (Å²) in [7, 11) is 0. The number of nitrogens with one attached hydrogen (secondary N) is 2. The van der Waals surface area contributed by atoms with Crippen LogP contribution >= 0.6 is 0 Å². The Hall–Kier alpha value is -4.84. The van der Waals surface area contributed by atoms with E-state index in [0.717, 1.165) is 6.07 Å². The quantitative estimate of drug-likeness (QED) is 0.101. The van der Waals surface area contributed by atoms with Crippen molar-refractivity contribution < 1.29 is 19.9 Å². The molecule has 0 aliphatic carbocycles. The highest BCUT2D eigenvalue weighted by Gasteiger charge is 2.29. The van der Waals surface area contributed by atoms with E-state index in [2.05, 4.69) is 25.6 Å². The van der Waals surface area contributed by atoms with Gasteiger partial charge in [0, 0.05) is 68.2 Å². The van der Waals surface area contributed by atoms with E-state index in [-0.39, 0.29) is 52.8 Å². The second kappa shape index (κ2) is 12.2. The molecule has 0 bridgehead atoms. The third-order valence-corrected chi connectivity index (χ3v) is 7.17. The highest BCUT2D eigenvalue weighted by atomic mass is 16.6. The largest absolute Gasteiger partial charge is 0.506 e. The van der Waals surface area contributed by atoms with Crippen LogP contribution in [0.25, 0.3) is 0 Å². The third kappa shape index (κ3) is 6.81. The Morgan fingerprint density at radius 2 is 1.44 bits per heavy atom. The molecule has 0 saturated carbocycles. The Kier molecular flexibility index (Phi) is 8.40. The number of rotatable bonds is 7. The van der Waals surface area contributed by atoms with Gasteiger partial charge in [0.2, 0.25) is 23.6 Å². The maximum absolute atomic E-state index is 12.7. The van der Waals surface area contributed by atoms with Gasteiger partial charge in [-0.3, -0.25) is 14.9 Å². The molecule has 0 unspecified atom stereocenters. The number of amides is 1. The van der Waals surface area contributed by atoms with Crippen molar-refractivity contribution in [3.8, 4) is 11.5 Å². The third-order valence-electron chi connectivity index (χ3n) is 7.17. The first-order chi connectivity index (χ1) is 20.5. The molecule has 17 heteroatoms. The number of anilines is 5. The molecule has 2 fully saturated rings. The molecule has 2 aliphatic heterocycles. The van der Waals surface area contributed by atoms with Gasteiger partial charge in [0.05, 0.1) is 16.2 Å². The number of phenols is 2. The molecule has 228 valence electrons. The van der Waals surface area contributed by atoms with Crippen LogP contribution in [-0.2, 0) is 0 Å².